The van der Waals surface area contributed by atoms with E-state index >= 15 is 0 Å². The summed E-state index contributed by atoms with van der Waals surface area (Å²) < 4.78 is 11.7. The van der Waals surface area contributed by atoms with Crippen LogP contribution in [-0.4, -0.2) is 22.8 Å². The molecule has 0 amide bonds. The van der Waals surface area contributed by atoms with E-state index < -0.39 is 8.56 Å². The SMILES string of the molecule is CO[Si](C)(OC)C1CC2CC1C1C3C=CC(C3)C21. The number of rotatable bonds is 3. The summed E-state index contributed by atoms with van der Waals surface area (Å²) >= 11 is 0. The summed E-state index contributed by atoms with van der Waals surface area (Å²) in [4.78, 5) is 0. The van der Waals surface area contributed by atoms with Gasteiger partial charge in [0, 0.05) is 19.8 Å². The Morgan fingerprint density at radius 3 is 2.28 bits per heavy atom. The summed E-state index contributed by atoms with van der Waals surface area (Å²) in [6.45, 7) is 2.27. The Morgan fingerprint density at radius 1 is 0.944 bits per heavy atom. The standard InChI is InChI=1S/C15H24O2Si/c1-16-18(3,17-2)13-8-11-7-12(13)15-10-5-4-9(6-10)14(11)15/h4-5,9-15H,6-8H2,1-3H3. The van der Waals surface area contributed by atoms with E-state index in [2.05, 4.69) is 18.7 Å². The van der Waals surface area contributed by atoms with E-state index in [1.165, 1.54) is 19.3 Å². The molecule has 0 aromatic rings. The Labute approximate surface area is 111 Å². The highest BCUT2D eigenvalue weighted by Gasteiger charge is 2.64. The van der Waals surface area contributed by atoms with Crippen LogP contribution in [0.4, 0.5) is 0 Å². The number of fused-ring (bicyclic) bond motifs is 9. The van der Waals surface area contributed by atoms with Gasteiger partial charge in [-0.25, -0.2) is 0 Å². The van der Waals surface area contributed by atoms with Gasteiger partial charge in [-0.15, -0.1) is 0 Å². The topological polar surface area (TPSA) is 18.5 Å². The molecule has 18 heavy (non-hydrogen) atoms. The Balaban J connectivity index is 1.64. The van der Waals surface area contributed by atoms with E-state index in [0.29, 0.717) is 0 Å². The van der Waals surface area contributed by atoms with Crippen molar-refractivity contribution in [3.05, 3.63) is 12.2 Å². The molecule has 0 saturated heterocycles. The minimum absolute atomic E-state index is 0.742. The summed E-state index contributed by atoms with van der Waals surface area (Å²) in [5.74, 6) is 5.69. The van der Waals surface area contributed by atoms with Gasteiger partial charge in [-0.05, 0) is 61.3 Å². The molecule has 3 heteroatoms. The maximum Gasteiger partial charge on any atom is 0.337 e. The molecule has 7 unspecified atom stereocenters. The van der Waals surface area contributed by atoms with Gasteiger partial charge in [0.1, 0.15) is 0 Å². The van der Waals surface area contributed by atoms with Crippen molar-refractivity contribution in [2.45, 2.75) is 31.4 Å². The predicted octanol–water partition coefficient (Wildman–Crippen LogP) is 3.20. The largest absolute Gasteiger partial charge is 0.398 e. The number of hydrogen-bond donors (Lipinski definition) is 0. The molecule has 4 bridgehead atoms. The summed E-state index contributed by atoms with van der Waals surface area (Å²) in [6.07, 6.45) is 9.33. The first-order valence-electron chi connectivity index (χ1n) is 7.46. The highest BCUT2D eigenvalue weighted by atomic mass is 28.4. The van der Waals surface area contributed by atoms with Crippen LogP contribution >= 0.6 is 0 Å². The smallest absolute Gasteiger partial charge is 0.337 e. The van der Waals surface area contributed by atoms with Crippen LogP contribution in [0.15, 0.2) is 12.2 Å². The van der Waals surface area contributed by atoms with Crippen molar-refractivity contribution in [1.82, 2.24) is 0 Å². The van der Waals surface area contributed by atoms with Gasteiger partial charge in [-0.3, -0.25) is 0 Å². The molecule has 7 atom stereocenters. The van der Waals surface area contributed by atoms with Gasteiger partial charge in [0.05, 0.1) is 0 Å². The van der Waals surface area contributed by atoms with Crippen molar-refractivity contribution in [3.8, 4) is 0 Å². The average Bonchev–Trinajstić information content (AvgIpc) is 3.13. The van der Waals surface area contributed by atoms with Crippen LogP contribution in [0.25, 0.3) is 0 Å². The van der Waals surface area contributed by atoms with Crippen molar-refractivity contribution < 1.29 is 8.85 Å². The fraction of sp³-hybridized carbons (Fsp3) is 0.867. The number of allylic oxidation sites excluding steroid dienone is 2. The second-order valence-corrected chi connectivity index (χ2v) is 10.6. The third-order valence-corrected chi connectivity index (χ3v) is 10.4. The molecular formula is C15H24O2Si. The molecule has 2 nitrogen and oxygen atoms in total. The summed E-state index contributed by atoms with van der Waals surface area (Å²) in [7, 11) is 1.79. The highest BCUT2D eigenvalue weighted by molar-refractivity contribution is 6.67. The van der Waals surface area contributed by atoms with Gasteiger partial charge >= 0.3 is 8.56 Å². The summed E-state index contributed by atoms with van der Waals surface area (Å²) in [6, 6.07) is 0. The van der Waals surface area contributed by atoms with Crippen molar-refractivity contribution in [1.29, 1.82) is 0 Å². The molecule has 0 heterocycles. The maximum absolute atomic E-state index is 5.85. The van der Waals surface area contributed by atoms with Gasteiger partial charge in [0.15, 0.2) is 0 Å². The van der Waals surface area contributed by atoms with E-state index in [9.17, 15) is 0 Å². The zero-order valence-electron chi connectivity index (χ0n) is 11.6. The van der Waals surface area contributed by atoms with Crippen molar-refractivity contribution in [2.24, 2.45) is 35.5 Å². The van der Waals surface area contributed by atoms with Crippen molar-refractivity contribution in [2.75, 3.05) is 14.2 Å². The van der Waals surface area contributed by atoms with Crippen molar-refractivity contribution >= 4 is 8.56 Å². The fourth-order valence-corrected chi connectivity index (χ4v) is 8.64. The molecule has 0 aromatic carbocycles. The zero-order chi connectivity index (χ0) is 12.5. The quantitative estimate of drug-likeness (QED) is 0.443. The van der Waals surface area contributed by atoms with Crippen molar-refractivity contribution in [3.63, 3.8) is 0 Å². The molecule has 0 spiro atoms. The molecule has 4 rings (SSSR count). The lowest BCUT2D eigenvalue weighted by Crippen LogP contribution is -2.47. The van der Waals surface area contributed by atoms with E-state index in [1.54, 1.807) is 0 Å². The molecule has 0 aromatic heterocycles. The van der Waals surface area contributed by atoms with Crippen LogP contribution < -0.4 is 0 Å². The summed E-state index contributed by atoms with van der Waals surface area (Å²) in [5, 5.41) is 0. The Bertz CT molecular complexity index is 390. The predicted molar refractivity (Wildman–Crippen MR) is 73.3 cm³/mol. The minimum Gasteiger partial charge on any atom is -0.398 e. The van der Waals surface area contributed by atoms with E-state index in [0.717, 1.165) is 41.0 Å². The van der Waals surface area contributed by atoms with Crippen LogP contribution in [0, 0.1) is 35.5 Å². The molecule has 4 aliphatic rings. The van der Waals surface area contributed by atoms with Crippen LogP contribution in [0.1, 0.15) is 19.3 Å². The van der Waals surface area contributed by atoms with Gasteiger partial charge in [0.25, 0.3) is 0 Å². The van der Waals surface area contributed by atoms with E-state index in [1.807, 2.05) is 14.2 Å². The van der Waals surface area contributed by atoms with Crippen LogP contribution in [0.3, 0.4) is 0 Å². The fourth-order valence-electron chi connectivity index (χ4n) is 6.01. The Morgan fingerprint density at radius 2 is 1.61 bits per heavy atom. The first-order valence-corrected chi connectivity index (χ1v) is 9.86. The minimum atomic E-state index is -1.93. The lowest BCUT2D eigenvalue weighted by atomic mass is 9.73. The van der Waals surface area contributed by atoms with Gasteiger partial charge < -0.3 is 8.85 Å². The summed E-state index contributed by atoms with van der Waals surface area (Å²) in [5.41, 5.74) is 0.742. The second kappa shape index (κ2) is 3.71. The number of hydrogen-bond acceptors (Lipinski definition) is 2. The Hall–Kier alpha value is -0.123. The average molecular weight is 264 g/mol. The molecule has 3 fully saturated rings. The molecule has 4 aliphatic carbocycles. The Kier molecular flexibility index (Phi) is 2.41. The monoisotopic (exact) mass is 264 g/mol. The molecule has 3 saturated carbocycles. The molecule has 0 radical (unpaired) electrons. The van der Waals surface area contributed by atoms with E-state index in [4.69, 9.17) is 8.85 Å². The highest BCUT2D eigenvalue weighted by Crippen LogP contribution is 2.69. The van der Waals surface area contributed by atoms with Crippen LogP contribution in [-0.2, 0) is 8.85 Å². The van der Waals surface area contributed by atoms with Crippen LogP contribution in [0.2, 0.25) is 12.1 Å². The second-order valence-electron chi connectivity index (χ2n) is 7.03. The lowest BCUT2D eigenvalue weighted by Gasteiger charge is -2.42. The third-order valence-electron chi connectivity index (χ3n) is 6.75. The first-order chi connectivity index (χ1) is 8.68. The van der Waals surface area contributed by atoms with E-state index in [-0.39, 0.29) is 0 Å². The third kappa shape index (κ3) is 1.26. The lowest BCUT2D eigenvalue weighted by molar-refractivity contribution is 0.161. The maximum atomic E-state index is 5.85. The molecule has 0 N–H and O–H groups in total. The first kappa shape index (κ1) is 11.7. The normalized spacial score (nSPS) is 52.3. The van der Waals surface area contributed by atoms with Gasteiger partial charge in [-0.2, -0.15) is 0 Å². The zero-order valence-corrected chi connectivity index (χ0v) is 12.6. The molecule has 100 valence electrons. The molecule has 0 aliphatic heterocycles. The molecular weight excluding hydrogens is 240 g/mol. The van der Waals surface area contributed by atoms with Gasteiger partial charge in [-0.1, -0.05) is 12.2 Å². The van der Waals surface area contributed by atoms with Gasteiger partial charge in [0.2, 0.25) is 0 Å². The van der Waals surface area contributed by atoms with Crippen LogP contribution in [0.5, 0.6) is 0 Å².